The number of hydrogen-bond donors (Lipinski definition) is 0. The summed E-state index contributed by atoms with van der Waals surface area (Å²) in [5.74, 6) is 0. The minimum Gasteiger partial charge on any atom is -0.236 e. The summed E-state index contributed by atoms with van der Waals surface area (Å²) in [5, 5.41) is 10.4. The Kier molecular flexibility index (Phi) is 8.86. The van der Waals surface area contributed by atoms with Gasteiger partial charge in [-0.05, 0) is 85.9 Å². The molecule has 3 heterocycles. The fourth-order valence-corrected chi connectivity index (χ4v) is 12.1. The molecule has 0 radical (unpaired) electrons. The van der Waals surface area contributed by atoms with Crippen molar-refractivity contribution < 1.29 is 0 Å². The summed E-state index contributed by atoms with van der Waals surface area (Å²) in [4.78, 5) is 15.3. The Morgan fingerprint density at radius 1 is 0.266 bits per heavy atom. The molecule has 0 aliphatic rings. The van der Waals surface area contributed by atoms with Crippen molar-refractivity contribution in [2.45, 2.75) is 0 Å². The zero-order valence-electron chi connectivity index (χ0n) is 34.3. The van der Waals surface area contributed by atoms with Crippen LogP contribution in [0.2, 0.25) is 0 Å². The van der Waals surface area contributed by atoms with Crippen LogP contribution in [0.15, 0.2) is 206 Å². The van der Waals surface area contributed by atoms with E-state index in [0.29, 0.717) is 0 Å². The number of nitrogens with zero attached hydrogens (tertiary/aromatic N) is 3. The van der Waals surface area contributed by atoms with Gasteiger partial charge in [-0.25, -0.2) is 15.0 Å². The van der Waals surface area contributed by atoms with Crippen molar-refractivity contribution in [3.8, 4) is 42.8 Å². The van der Waals surface area contributed by atoms with Gasteiger partial charge in [-0.2, -0.15) is 0 Å². The average molecular weight is 868 g/mol. The monoisotopic (exact) mass is 867 g/mol. The molecule has 0 spiro atoms. The van der Waals surface area contributed by atoms with E-state index >= 15 is 0 Å². The first kappa shape index (κ1) is 37.3. The molecule has 10 aromatic carbocycles. The summed E-state index contributed by atoms with van der Waals surface area (Å²) >= 11 is 5.26. The molecule has 0 atom stereocenters. The summed E-state index contributed by atoms with van der Waals surface area (Å²) in [6, 6.07) is 74.9. The van der Waals surface area contributed by atoms with Crippen molar-refractivity contribution in [2.75, 3.05) is 0 Å². The van der Waals surface area contributed by atoms with E-state index in [-0.39, 0.29) is 6.71 Å². The van der Waals surface area contributed by atoms with Gasteiger partial charge in [0.1, 0.15) is 15.0 Å². The minimum absolute atomic E-state index is 0.0120. The molecule has 0 saturated carbocycles. The Morgan fingerprint density at radius 3 is 1.03 bits per heavy atom. The standard InChI is InChI=1S/C57H34BN3S3/c1-2-8-35(9-3-1)43-14-15-44-31-51-54(34-45(44)28-43)64-57(61-51)38-20-26-48(27-21-38)58(46-22-16-36(17-23-46)55-59-49-29-39-10-4-6-12-41(39)32-52(49)62-55)47-24-18-37(19-25-47)56-60-50-30-40-11-5-7-13-42(40)33-53(50)63-56/h1-34H. The van der Waals surface area contributed by atoms with Crippen LogP contribution in [0.4, 0.5) is 0 Å². The number of aromatic nitrogens is 3. The molecule has 0 amide bonds. The van der Waals surface area contributed by atoms with Gasteiger partial charge in [0.15, 0.2) is 0 Å². The Bertz CT molecular complexity index is 3630. The Balaban J connectivity index is 0.852. The number of benzene rings is 10. The fourth-order valence-electron chi connectivity index (χ4n) is 9.11. The van der Waals surface area contributed by atoms with Gasteiger partial charge >= 0.3 is 0 Å². The second-order valence-electron chi connectivity index (χ2n) is 16.4. The first-order valence-corrected chi connectivity index (χ1v) is 23.9. The molecule has 3 nitrogen and oxygen atoms in total. The van der Waals surface area contributed by atoms with Gasteiger partial charge in [-0.1, -0.05) is 180 Å². The lowest BCUT2D eigenvalue weighted by atomic mass is 9.37. The van der Waals surface area contributed by atoms with E-state index in [1.54, 1.807) is 34.0 Å². The SMILES string of the molecule is c1ccc(-c2ccc3cc4nc(-c5ccc(B(c6ccc(-c7nc8cc9ccccc9cc8s7)cc6)c6ccc(-c7nc8cc9ccccc9cc8s7)cc6)cc5)sc4cc3c2)cc1. The van der Waals surface area contributed by atoms with Crippen molar-refractivity contribution in [3.05, 3.63) is 206 Å². The van der Waals surface area contributed by atoms with Crippen molar-refractivity contribution in [1.29, 1.82) is 0 Å². The molecule has 0 unspecified atom stereocenters. The van der Waals surface area contributed by atoms with E-state index < -0.39 is 0 Å². The van der Waals surface area contributed by atoms with E-state index in [0.717, 1.165) is 48.3 Å². The van der Waals surface area contributed by atoms with Crippen LogP contribution in [0.1, 0.15) is 0 Å². The molecule has 0 N–H and O–H groups in total. The number of fused-ring (bicyclic) bond motifs is 6. The van der Waals surface area contributed by atoms with Gasteiger partial charge in [-0.15, -0.1) is 34.0 Å². The van der Waals surface area contributed by atoms with Gasteiger partial charge < -0.3 is 0 Å². The van der Waals surface area contributed by atoms with Gasteiger partial charge in [0.2, 0.25) is 6.71 Å². The molecule has 13 aromatic rings. The molecule has 64 heavy (non-hydrogen) atoms. The largest absolute Gasteiger partial charge is 0.241 e. The summed E-state index contributed by atoms with van der Waals surface area (Å²) in [6.45, 7) is 0.0120. The summed E-state index contributed by atoms with van der Waals surface area (Å²) in [7, 11) is 0. The van der Waals surface area contributed by atoms with Crippen LogP contribution in [-0.4, -0.2) is 21.7 Å². The highest BCUT2D eigenvalue weighted by atomic mass is 32.1. The molecular formula is C57H34BN3S3. The van der Waals surface area contributed by atoms with Gasteiger partial charge in [0, 0.05) is 16.7 Å². The second kappa shape index (κ2) is 15.2. The molecule has 0 aliphatic heterocycles. The summed E-state index contributed by atoms with van der Waals surface area (Å²) in [6.07, 6.45) is 0. The maximum absolute atomic E-state index is 5.15. The fraction of sp³-hybridized carbons (Fsp3) is 0. The summed E-state index contributed by atoms with van der Waals surface area (Å²) < 4.78 is 3.60. The van der Waals surface area contributed by atoms with E-state index in [2.05, 4.69) is 206 Å². The van der Waals surface area contributed by atoms with Crippen LogP contribution >= 0.6 is 34.0 Å². The van der Waals surface area contributed by atoms with Crippen LogP contribution in [-0.2, 0) is 0 Å². The van der Waals surface area contributed by atoms with Crippen molar-refractivity contribution in [3.63, 3.8) is 0 Å². The quantitative estimate of drug-likeness (QED) is 0.150. The Morgan fingerprint density at radius 2 is 0.609 bits per heavy atom. The highest BCUT2D eigenvalue weighted by Crippen LogP contribution is 2.36. The summed E-state index contributed by atoms with van der Waals surface area (Å²) in [5.41, 5.74) is 12.6. The van der Waals surface area contributed by atoms with Gasteiger partial charge in [-0.3, -0.25) is 0 Å². The van der Waals surface area contributed by atoms with E-state index in [1.165, 1.54) is 73.9 Å². The Hall–Kier alpha value is -7.29. The first-order chi connectivity index (χ1) is 31.6. The minimum atomic E-state index is 0.0120. The van der Waals surface area contributed by atoms with Crippen molar-refractivity contribution in [1.82, 2.24) is 15.0 Å². The topological polar surface area (TPSA) is 38.7 Å². The first-order valence-electron chi connectivity index (χ1n) is 21.4. The zero-order valence-corrected chi connectivity index (χ0v) is 36.7. The molecular weight excluding hydrogens is 834 g/mol. The van der Waals surface area contributed by atoms with Crippen LogP contribution in [0.25, 0.3) is 106 Å². The molecule has 0 saturated heterocycles. The molecule has 13 rings (SSSR count). The number of thiazole rings is 3. The normalized spacial score (nSPS) is 11.8. The predicted molar refractivity (Wildman–Crippen MR) is 278 cm³/mol. The lowest BCUT2D eigenvalue weighted by Crippen LogP contribution is -2.51. The molecule has 7 heteroatoms. The predicted octanol–water partition coefficient (Wildman–Crippen LogP) is 14.2. The molecule has 3 aromatic heterocycles. The third kappa shape index (κ3) is 6.68. The molecule has 0 aliphatic carbocycles. The van der Waals surface area contributed by atoms with Crippen LogP contribution in [0, 0.1) is 0 Å². The molecule has 298 valence electrons. The lowest BCUT2D eigenvalue weighted by Gasteiger charge is -2.17. The Labute approximate surface area is 381 Å². The van der Waals surface area contributed by atoms with E-state index in [1.807, 2.05) is 0 Å². The highest BCUT2D eigenvalue weighted by molar-refractivity contribution is 7.22. The van der Waals surface area contributed by atoms with Crippen molar-refractivity contribution in [2.24, 2.45) is 0 Å². The van der Waals surface area contributed by atoms with E-state index in [9.17, 15) is 0 Å². The maximum atomic E-state index is 5.15. The third-order valence-electron chi connectivity index (χ3n) is 12.4. The average Bonchev–Trinajstić information content (AvgIpc) is 4.09. The lowest BCUT2D eigenvalue weighted by molar-refractivity contribution is 1.48. The van der Waals surface area contributed by atoms with Crippen LogP contribution in [0.5, 0.6) is 0 Å². The van der Waals surface area contributed by atoms with Crippen molar-refractivity contribution >= 4 is 120 Å². The smallest absolute Gasteiger partial charge is 0.236 e. The maximum Gasteiger partial charge on any atom is 0.241 e. The molecule has 0 fully saturated rings. The van der Waals surface area contributed by atoms with Gasteiger partial charge in [0.25, 0.3) is 0 Å². The zero-order chi connectivity index (χ0) is 42.1. The molecule has 0 bridgehead atoms. The third-order valence-corrected chi connectivity index (χ3v) is 15.6. The number of hydrogen-bond acceptors (Lipinski definition) is 6. The van der Waals surface area contributed by atoms with E-state index in [4.69, 9.17) is 15.0 Å². The van der Waals surface area contributed by atoms with Gasteiger partial charge in [0.05, 0.1) is 30.6 Å². The van der Waals surface area contributed by atoms with Crippen LogP contribution in [0.3, 0.4) is 0 Å². The number of rotatable bonds is 7. The highest BCUT2D eigenvalue weighted by Gasteiger charge is 2.23. The second-order valence-corrected chi connectivity index (χ2v) is 19.5. The van der Waals surface area contributed by atoms with Crippen LogP contribution < -0.4 is 16.4 Å².